The van der Waals surface area contributed by atoms with E-state index in [1.165, 1.54) is 35.9 Å². The van der Waals surface area contributed by atoms with Gasteiger partial charge in [0, 0.05) is 45.7 Å². The zero-order valence-electron chi connectivity index (χ0n) is 18.0. The average molecular weight is 424 g/mol. The number of unbranched alkanes of at least 4 members (excludes halogenated alkanes) is 4. The van der Waals surface area contributed by atoms with Gasteiger partial charge in [-0.3, -0.25) is 19.1 Å². The molecule has 3 unspecified atom stereocenters. The summed E-state index contributed by atoms with van der Waals surface area (Å²) >= 11 is 0. The number of nitrogens with zero attached hydrogens (tertiary/aromatic N) is 1. The fraction of sp³-hybridized carbons (Fsp3) is 0.667. The highest BCUT2D eigenvalue weighted by molar-refractivity contribution is 5.90. The first kappa shape index (κ1) is 24.0. The predicted molar refractivity (Wildman–Crippen MR) is 113 cm³/mol. The third-order valence-corrected chi connectivity index (χ3v) is 5.14. The summed E-state index contributed by atoms with van der Waals surface area (Å²) in [6, 6.07) is 0. The van der Waals surface area contributed by atoms with E-state index in [1.807, 2.05) is 0 Å². The summed E-state index contributed by atoms with van der Waals surface area (Å²) in [4.78, 5) is 38.7. The molecule has 0 bridgehead atoms. The second-order valence-electron chi connectivity index (χ2n) is 7.40. The van der Waals surface area contributed by atoms with Crippen LogP contribution >= 0.6 is 0 Å². The number of hydrogen-bond acceptors (Lipinski definition) is 6. The first-order valence-corrected chi connectivity index (χ1v) is 10.5. The van der Waals surface area contributed by atoms with Gasteiger partial charge in [0.25, 0.3) is 5.56 Å². The number of methoxy groups -OCH3 is 2. The van der Waals surface area contributed by atoms with Crippen molar-refractivity contribution in [3.8, 4) is 0 Å². The quantitative estimate of drug-likeness (QED) is 0.390. The Hall–Kier alpha value is -2.23. The van der Waals surface area contributed by atoms with Crippen molar-refractivity contribution >= 4 is 12.1 Å². The number of hydrogen-bond donors (Lipinski definition) is 2. The molecule has 1 saturated heterocycles. The van der Waals surface area contributed by atoms with E-state index in [1.54, 1.807) is 14.2 Å². The Bertz CT molecular complexity index is 816. The van der Waals surface area contributed by atoms with Gasteiger partial charge in [-0.25, -0.2) is 4.79 Å². The summed E-state index contributed by atoms with van der Waals surface area (Å²) in [6.45, 7) is 3.09. The first-order valence-electron chi connectivity index (χ1n) is 10.5. The smallest absolute Gasteiger partial charge is 0.332 e. The van der Waals surface area contributed by atoms with Crippen LogP contribution in [0.3, 0.4) is 0 Å². The van der Waals surface area contributed by atoms with Crippen molar-refractivity contribution in [1.82, 2.24) is 14.9 Å². The first-order chi connectivity index (χ1) is 14.5. The Morgan fingerprint density at radius 3 is 2.77 bits per heavy atom. The van der Waals surface area contributed by atoms with E-state index in [4.69, 9.17) is 14.2 Å². The highest BCUT2D eigenvalue weighted by Crippen LogP contribution is 2.32. The number of rotatable bonds is 12. The van der Waals surface area contributed by atoms with E-state index < -0.39 is 17.4 Å². The molecule has 30 heavy (non-hydrogen) atoms. The van der Waals surface area contributed by atoms with E-state index in [-0.39, 0.29) is 18.1 Å². The summed E-state index contributed by atoms with van der Waals surface area (Å²) in [5.74, 6) is -0.290. The van der Waals surface area contributed by atoms with Gasteiger partial charge in [-0.15, -0.1) is 0 Å². The normalized spacial score (nSPS) is 21.4. The Balaban J connectivity index is 2.01. The van der Waals surface area contributed by atoms with Crippen LogP contribution in [-0.2, 0) is 19.0 Å². The average Bonchev–Trinajstić information content (AvgIpc) is 3.13. The highest BCUT2D eigenvalue weighted by atomic mass is 16.6. The van der Waals surface area contributed by atoms with E-state index in [2.05, 4.69) is 17.2 Å². The lowest BCUT2D eigenvalue weighted by molar-refractivity contribution is -0.116. The third kappa shape index (κ3) is 6.93. The maximum Gasteiger partial charge on any atom is 0.332 e. The number of amides is 1. The molecule has 2 rings (SSSR count). The lowest BCUT2D eigenvalue weighted by atomic mass is 10.1. The van der Waals surface area contributed by atoms with Gasteiger partial charge in [-0.05, 0) is 6.42 Å². The Morgan fingerprint density at radius 2 is 2.07 bits per heavy atom. The minimum atomic E-state index is -0.623. The van der Waals surface area contributed by atoms with Crippen LogP contribution in [0.1, 0.15) is 57.1 Å². The molecule has 1 fully saturated rings. The molecular formula is C21H33N3O6. The number of carbonyl (C=O) groups excluding carboxylic acids is 1. The standard InChI is InChI=1S/C21H33N3O6/c1-4-5-6-7-8-10-22-19(25)9-11-24-13-15(20(26)23-21(24)27)16-12-17(29-3)18(30-16)14-28-2/h9,11,13,16-18H,4-8,10,12,14H2,1-3H3,(H,22,25)(H,23,26,27). The summed E-state index contributed by atoms with van der Waals surface area (Å²) in [5.41, 5.74) is -0.836. The Labute approximate surface area is 176 Å². The Morgan fingerprint density at radius 1 is 1.30 bits per heavy atom. The van der Waals surface area contributed by atoms with Gasteiger partial charge >= 0.3 is 5.69 Å². The zero-order chi connectivity index (χ0) is 21.9. The molecule has 0 saturated carbocycles. The topological polar surface area (TPSA) is 112 Å². The molecule has 0 aromatic carbocycles. The molecule has 1 aliphatic heterocycles. The molecule has 9 heteroatoms. The lowest BCUT2D eigenvalue weighted by Gasteiger charge is -2.15. The van der Waals surface area contributed by atoms with Gasteiger partial charge in [-0.1, -0.05) is 32.6 Å². The van der Waals surface area contributed by atoms with Crippen LogP contribution < -0.4 is 16.6 Å². The fourth-order valence-electron chi connectivity index (χ4n) is 3.46. The predicted octanol–water partition coefficient (Wildman–Crippen LogP) is 1.59. The minimum Gasteiger partial charge on any atom is -0.382 e. The summed E-state index contributed by atoms with van der Waals surface area (Å²) in [7, 11) is 3.15. The number of ether oxygens (including phenoxy) is 3. The maximum absolute atomic E-state index is 12.3. The fourth-order valence-corrected chi connectivity index (χ4v) is 3.46. The van der Waals surface area contributed by atoms with Crippen molar-refractivity contribution in [1.29, 1.82) is 0 Å². The molecule has 1 aromatic rings. The monoisotopic (exact) mass is 423 g/mol. The van der Waals surface area contributed by atoms with Crippen LogP contribution in [-0.4, -0.2) is 55.0 Å². The van der Waals surface area contributed by atoms with Gasteiger partial charge in [0.05, 0.1) is 24.4 Å². The molecule has 1 aliphatic rings. The van der Waals surface area contributed by atoms with E-state index in [0.717, 1.165) is 19.3 Å². The number of carbonyl (C=O) groups is 1. The summed E-state index contributed by atoms with van der Waals surface area (Å²) in [5, 5.41) is 2.80. The maximum atomic E-state index is 12.3. The van der Waals surface area contributed by atoms with Crippen molar-refractivity contribution in [2.75, 3.05) is 27.4 Å². The van der Waals surface area contributed by atoms with Gasteiger partial charge in [0.1, 0.15) is 6.10 Å². The molecule has 0 spiro atoms. The van der Waals surface area contributed by atoms with Gasteiger partial charge < -0.3 is 19.5 Å². The number of aromatic amines is 1. The van der Waals surface area contributed by atoms with E-state index in [9.17, 15) is 14.4 Å². The SMILES string of the molecule is CCCCCCCNC(=O)C=Cn1cc(C2CC(OC)C(COC)O2)c(=O)[nH]c1=O. The van der Waals surface area contributed by atoms with Crippen molar-refractivity contribution < 1.29 is 19.0 Å². The number of H-pyrrole nitrogens is 1. The number of nitrogens with one attached hydrogen (secondary N) is 2. The third-order valence-electron chi connectivity index (χ3n) is 5.14. The van der Waals surface area contributed by atoms with Gasteiger partial charge in [0.15, 0.2) is 0 Å². The van der Waals surface area contributed by atoms with Crippen molar-refractivity contribution in [3.05, 3.63) is 38.7 Å². The van der Waals surface area contributed by atoms with Crippen LogP contribution in [0.25, 0.3) is 6.20 Å². The van der Waals surface area contributed by atoms with Crippen LogP contribution in [0.5, 0.6) is 0 Å². The molecule has 168 valence electrons. The molecule has 2 N–H and O–H groups in total. The molecule has 1 aromatic heterocycles. The zero-order valence-corrected chi connectivity index (χ0v) is 18.0. The molecule has 0 aliphatic carbocycles. The molecule has 3 atom stereocenters. The molecule has 2 heterocycles. The largest absolute Gasteiger partial charge is 0.382 e. The van der Waals surface area contributed by atoms with Gasteiger partial charge in [-0.2, -0.15) is 0 Å². The number of aromatic nitrogens is 2. The lowest BCUT2D eigenvalue weighted by Crippen LogP contribution is -2.31. The van der Waals surface area contributed by atoms with Crippen LogP contribution in [0.4, 0.5) is 0 Å². The summed E-state index contributed by atoms with van der Waals surface area (Å²) < 4.78 is 17.6. The molecule has 0 radical (unpaired) electrons. The Kier molecular flexibility index (Phi) is 9.99. The van der Waals surface area contributed by atoms with Crippen LogP contribution in [0, 0.1) is 0 Å². The molecule has 1 amide bonds. The highest BCUT2D eigenvalue weighted by Gasteiger charge is 2.37. The second-order valence-corrected chi connectivity index (χ2v) is 7.40. The molecular weight excluding hydrogens is 390 g/mol. The van der Waals surface area contributed by atoms with Crippen LogP contribution in [0.2, 0.25) is 0 Å². The van der Waals surface area contributed by atoms with E-state index >= 15 is 0 Å². The minimum absolute atomic E-state index is 0.214. The van der Waals surface area contributed by atoms with Gasteiger partial charge in [0.2, 0.25) is 5.91 Å². The van der Waals surface area contributed by atoms with Crippen molar-refractivity contribution in [2.45, 2.75) is 63.8 Å². The van der Waals surface area contributed by atoms with E-state index in [0.29, 0.717) is 25.1 Å². The van der Waals surface area contributed by atoms with Crippen molar-refractivity contribution in [2.24, 2.45) is 0 Å². The second kappa shape index (κ2) is 12.5. The van der Waals surface area contributed by atoms with Crippen LogP contribution in [0.15, 0.2) is 21.9 Å². The van der Waals surface area contributed by atoms with Crippen molar-refractivity contribution in [3.63, 3.8) is 0 Å². The molecule has 9 nitrogen and oxygen atoms in total. The summed E-state index contributed by atoms with van der Waals surface area (Å²) in [6.07, 6.45) is 8.97.